The Bertz CT molecular complexity index is 2050. The summed E-state index contributed by atoms with van der Waals surface area (Å²) in [5, 5.41) is 1.41. The molecule has 0 radical (unpaired) electrons. The molecule has 11 nitrogen and oxygen atoms in total. The maximum absolute atomic E-state index is 15.0. The number of aromatic nitrogens is 1. The number of anilines is 1. The van der Waals surface area contributed by atoms with Gasteiger partial charge in [-0.1, -0.05) is 53.0 Å². The number of hydrogen-bond donors (Lipinski definition) is 0. The van der Waals surface area contributed by atoms with Crippen LogP contribution in [-0.4, -0.2) is 107 Å². The normalized spacial score (nSPS) is 19.4. The third-order valence-corrected chi connectivity index (χ3v) is 12.0. The number of alkyl halides is 2. The molecule has 1 aliphatic carbocycles. The van der Waals surface area contributed by atoms with Crippen LogP contribution in [0.4, 0.5) is 24.2 Å². The molecule has 2 saturated heterocycles. The topological polar surface area (TPSA) is 105 Å². The van der Waals surface area contributed by atoms with Gasteiger partial charge in [-0.2, -0.15) is 0 Å². The van der Waals surface area contributed by atoms with Crippen molar-refractivity contribution in [3.63, 3.8) is 0 Å². The fraction of sp³-hybridized carbons (Fsp3) is 0.565. The van der Waals surface area contributed by atoms with Crippen LogP contribution in [0, 0.1) is 12.8 Å². The van der Waals surface area contributed by atoms with E-state index in [0.29, 0.717) is 45.9 Å². The Balaban J connectivity index is 1.19. The van der Waals surface area contributed by atoms with Crippen molar-refractivity contribution in [3.8, 4) is 5.75 Å². The zero-order valence-electron chi connectivity index (χ0n) is 36.6. The molecule has 62 heavy (non-hydrogen) atoms. The van der Waals surface area contributed by atoms with E-state index in [1.807, 2.05) is 69.1 Å². The summed E-state index contributed by atoms with van der Waals surface area (Å²) in [5.41, 5.74) is 1.77. The highest BCUT2D eigenvalue weighted by atomic mass is 35.5. The number of carbonyl (C=O) groups excluding carboxylic acids is 3. The molecule has 0 spiro atoms. The molecule has 1 saturated carbocycles. The second-order valence-electron chi connectivity index (χ2n) is 18.6. The van der Waals surface area contributed by atoms with Crippen molar-refractivity contribution in [2.75, 3.05) is 44.2 Å². The van der Waals surface area contributed by atoms with Crippen LogP contribution in [-0.2, 0) is 27.2 Å². The summed E-state index contributed by atoms with van der Waals surface area (Å²) >= 11 is 19.7. The zero-order chi connectivity index (χ0) is 45.1. The second kappa shape index (κ2) is 19.8. The average molecular weight is 921 g/mol. The molecule has 0 unspecified atom stereocenters. The number of piperidine rings is 1. The number of pyridine rings is 1. The van der Waals surface area contributed by atoms with E-state index in [-0.39, 0.29) is 50.0 Å². The third-order valence-electron chi connectivity index (χ3n) is 11.1. The summed E-state index contributed by atoms with van der Waals surface area (Å²) in [7, 11) is 0. The van der Waals surface area contributed by atoms with Gasteiger partial charge in [-0.15, -0.1) is 0 Å². The van der Waals surface area contributed by atoms with Crippen LogP contribution in [0.25, 0.3) is 0 Å². The number of halogens is 5. The SMILES string of the molecule is Cc1cc(Cl)c(O[C@@H]2CCN(c3ccc([C@H]4CCN(C(=O)OC(C)(C)C)C[C@@H]4C(=O)N(Cc4cc(CCN(CC(F)F)C(=O)OC(C)(C)C)ccc4Cl)C4CC4)cn3)C2)c(Cl)c1. The first-order valence-electron chi connectivity index (χ1n) is 21.3. The van der Waals surface area contributed by atoms with E-state index in [4.69, 9.17) is 54.0 Å². The molecule has 2 aliphatic heterocycles. The van der Waals surface area contributed by atoms with Crippen LogP contribution in [0.5, 0.6) is 5.75 Å². The van der Waals surface area contributed by atoms with E-state index in [1.54, 1.807) is 37.8 Å². The number of likely N-dealkylation sites (tertiary alicyclic amines) is 1. The van der Waals surface area contributed by atoms with Gasteiger partial charge in [0.25, 0.3) is 6.43 Å². The van der Waals surface area contributed by atoms with Gasteiger partial charge in [0.2, 0.25) is 5.91 Å². The molecule has 338 valence electrons. The molecule has 3 amide bonds. The fourth-order valence-electron chi connectivity index (χ4n) is 7.98. The van der Waals surface area contributed by atoms with Gasteiger partial charge >= 0.3 is 12.2 Å². The lowest BCUT2D eigenvalue weighted by molar-refractivity contribution is -0.139. The molecule has 3 atom stereocenters. The molecule has 3 fully saturated rings. The first kappa shape index (κ1) is 47.4. The van der Waals surface area contributed by atoms with Crippen LogP contribution < -0.4 is 9.64 Å². The fourth-order valence-corrected chi connectivity index (χ4v) is 8.85. The van der Waals surface area contributed by atoms with Crippen molar-refractivity contribution in [3.05, 3.63) is 86.0 Å². The number of amides is 3. The molecule has 3 aromatic rings. The summed E-state index contributed by atoms with van der Waals surface area (Å²) < 4.78 is 44.4. The van der Waals surface area contributed by atoms with Crippen LogP contribution in [0.1, 0.15) is 95.4 Å². The van der Waals surface area contributed by atoms with Crippen LogP contribution in [0.15, 0.2) is 48.7 Å². The number of ether oxygens (including phenoxy) is 3. The van der Waals surface area contributed by atoms with E-state index < -0.39 is 42.3 Å². The van der Waals surface area contributed by atoms with E-state index in [0.717, 1.165) is 53.2 Å². The van der Waals surface area contributed by atoms with E-state index in [1.165, 1.54) is 0 Å². The van der Waals surface area contributed by atoms with Crippen LogP contribution in [0.3, 0.4) is 0 Å². The minimum Gasteiger partial charge on any atom is -0.485 e. The van der Waals surface area contributed by atoms with Gasteiger partial charge in [0, 0.05) is 62.3 Å². The van der Waals surface area contributed by atoms with Gasteiger partial charge in [0.15, 0.2) is 5.75 Å². The Hall–Kier alpha value is -4.07. The Morgan fingerprint density at radius 2 is 1.56 bits per heavy atom. The number of benzene rings is 2. The molecular formula is C46H58Cl3F2N5O6. The van der Waals surface area contributed by atoms with Crippen molar-refractivity contribution in [2.24, 2.45) is 5.92 Å². The van der Waals surface area contributed by atoms with E-state index >= 15 is 0 Å². The van der Waals surface area contributed by atoms with Crippen LogP contribution in [0.2, 0.25) is 15.1 Å². The third kappa shape index (κ3) is 12.8. The van der Waals surface area contributed by atoms with Gasteiger partial charge in [-0.3, -0.25) is 4.79 Å². The molecule has 16 heteroatoms. The van der Waals surface area contributed by atoms with E-state index in [2.05, 4.69) is 4.90 Å². The summed E-state index contributed by atoms with van der Waals surface area (Å²) in [6.07, 6.45) is 0.904. The molecule has 0 bridgehead atoms. The van der Waals surface area contributed by atoms with Crippen molar-refractivity contribution in [2.45, 2.75) is 123 Å². The van der Waals surface area contributed by atoms with Crippen molar-refractivity contribution in [1.82, 2.24) is 19.7 Å². The molecule has 3 heterocycles. The molecule has 0 N–H and O–H groups in total. The lowest BCUT2D eigenvalue weighted by Gasteiger charge is -2.40. The van der Waals surface area contributed by atoms with Gasteiger partial charge in [-0.25, -0.2) is 23.4 Å². The van der Waals surface area contributed by atoms with Gasteiger partial charge < -0.3 is 33.8 Å². The maximum atomic E-state index is 15.0. The number of hydrogen-bond acceptors (Lipinski definition) is 8. The minimum atomic E-state index is -2.73. The molecule has 2 aromatic carbocycles. The summed E-state index contributed by atoms with van der Waals surface area (Å²) in [6.45, 7) is 13.8. The quantitative estimate of drug-likeness (QED) is 0.167. The highest BCUT2D eigenvalue weighted by molar-refractivity contribution is 6.37. The summed E-state index contributed by atoms with van der Waals surface area (Å²) in [5.74, 6) is 0.327. The summed E-state index contributed by atoms with van der Waals surface area (Å²) in [4.78, 5) is 52.7. The summed E-state index contributed by atoms with van der Waals surface area (Å²) in [6, 6.07) is 13.0. The monoisotopic (exact) mass is 919 g/mol. The van der Waals surface area contributed by atoms with Crippen molar-refractivity contribution < 1.29 is 37.4 Å². The predicted octanol–water partition coefficient (Wildman–Crippen LogP) is 10.6. The zero-order valence-corrected chi connectivity index (χ0v) is 38.8. The van der Waals surface area contributed by atoms with Crippen molar-refractivity contribution >= 4 is 58.7 Å². The molecule has 3 aliphatic rings. The number of rotatable bonds is 13. The Morgan fingerprint density at radius 1 is 0.871 bits per heavy atom. The average Bonchev–Trinajstić information content (AvgIpc) is 3.92. The lowest BCUT2D eigenvalue weighted by atomic mass is 9.80. The van der Waals surface area contributed by atoms with Crippen molar-refractivity contribution in [1.29, 1.82) is 0 Å². The predicted molar refractivity (Wildman–Crippen MR) is 238 cm³/mol. The van der Waals surface area contributed by atoms with Gasteiger partial charge in [0.05, 0.1) is 29.1 Å². The highest BCUT2D eigenvalue weighted by Gasteiger charge is 2.44. The van der Waals surface area contributed by atoms with E-state index in [9.17, 15) is 23.2 Å². The minimum absolute atomic E-state index is 0.00592. The molecule has 6 rings (SSSR count). The Morgan fingerprint density at radius 3 is 2.18 bits per heavy atom. The lowest BCUT2D eigenvalue weighted by Crippen LogP contribution is -2.51. The number of aryl methyl sites for hydroxylation is 1. The Kier molecular flexibility index (Phi) is 15.1. The largest absolute Gasteiger partial charge is 0.485 e. The Labute approximate surface area is 378 Å². The van der Waals surface area contributed by atoms with Gasteiger partial charge in [0.1, 0.15) is 23.1 Å². The number of nitrogens with zero attached hydrogens (tertiary/aromatic N) is 5. The maximum Gasteiger partial charge on any atom is 0.410 e. The molecular weight excluding hydrogens is 863 g/mol. The standard InChI is InChI=1S/C46H58Cl3F2N5O6/c1-28-20-37(48)41(38(49)21-28)60-33-15-18-53(25-33)40-13-9-30(23-52-40)34-16-19-54(43(58)61-45(2,3)4)26-35(34)42(57)56(32-10-11-32)24-31-22-29(8-12-36(31)47)14-17-55(27-39(50)51)44(59)62-46(5,6)7/h8-9,12-13,20-23,32-35,39H,10-11,14-19,24-27H2,1-7H3/t33-,34-,35+/m1/s1. The first-order chi connectivity index (χ1) is 29.1. The number of carbonyl (C=O) groups is 3. The smallest absolute Gasteiger partial charge is 0.410 e. The highest BCUT2D eigenvalue weighted by Crippen LogP contribution is 2.40. The molecule has 1 aromatic heterocycles. The van der Waals surface area contributed by atoms with Crippen LogP contribution >= 0.6 is 34.8 Å². The second-order valence-corrected chi connectivity index (χ2v) is 19.8. The first-order valence-corrected chi connectivity index (χ1v) is 22.4. The van der Waals surface area contributed by atoms with Gasteiger partial charge in [-0.05, 0) is 121 Å².